The number of hydrogen-bond donors (Lipinski definition) is 3. The second-order valence-corrected chi connectivity index (χ2v) is 9.15. The summed E-state index contributed by atoms with van der Waals surface area (Å²) in [7, 11) is 0. The number of halogens is 2. The zero-order chi connectivity index (χ0) is 21.9. The Bertz CT molecular complexity index is 1060. The van der Waals surface area contributed by atoms with E-state index in [1.807, 2.05) is 4.90 Å². The molecule has 2 aliphatic heterocycles. The number of carbonyl (C=O) groups excluding carboxylic acids is 1. The van der Waals surface area contributed by atoms with Crippen LogP contribution in [0.15, 0.2) is 6.07 Å². The van der Waals surface area contributed by atoms with E-state index in [1.54, 1.807) is 6.92 Å². The monoisotopic (exact) mass is 472 g/mol. The minimum atomic E-state index is -1.06. The van der Waals surface area contributed by atoms with Gasteiger partial charge in [-0.15, -0.1) is 0 Å². The van der Waals surface area contributed by atoms with E-state index < -0.39 is 5.97 Å². The number of aromatic nitrogens is 3. The molecular formula is C20H23Cl2LiN6O3. The molecule has 2 aromatic heterocycles. The van der Waals surface area contributed by atoms with Crippen LogP contribution in [0, 0.1) is 18.8 Å². The number of amides is 1. The van der Waals surface area contributed by atoms with E-state index in [1.165, 1.54) is 6.07 Å². The number of carboxylic acid groups (broad SMARTS) is 1. The van der Waals surface area contributed by atoms with E-state index >= 15 is 0 Å². The van der Waals surface area contributed by atoms with Crippen LogP contribution in [0.4, 0.5) is 11.8 Å². The molecule has 4 heterocycles. The van der Waals surface area contributed by atoms with Gasteiger partial charge < -0.3 is 25.2 Å². The van der Waals surface area contributed by atoms with Gasteiger partial charge in [-0.25, -0.2) is 9.78 Å². The summed E-state index contributed by atoms with van der Waals surface area (Å²) in [5.41, 5.74) is 0.944. The first kappa shape index (κ1) is 23.2. The molecule has 32 heavy (non-hydrogen) atoms. The van der Waals surface area contributed by atoms with Crippen molar-refractivity contribution in [1.82, 2.24) is 20.3 Å². The molecule has 1 amide bonds. The van der Waals surface area contributed by atoms with Gasteiger partial charge in [0.05, 0.1) is 10.0 Å². The van der Waals surface area contributed by atoms with Gasteiger partial charge >= 0.3 is 24.8 Å². The Morgan fingerprint density at radius 1 is 1.12 bits per heavy atom. The van der Waals surface area contributed by atoms with Gasteiger partial charge in [0, 0.05) is 55.8 Å². The van der Waals surface area contributed by atoms with Gasteiger partial charge in [0.25, 0.3) is 5.91 Å². The predicted octanol–water partition coefficient (Wildman–Crippen LogP) is 1.93. The van der Waals surface area contributed by atoms with Crippen LogP contribution in [-0.4, -0.2) is 83.0 Å². The summed E-state index contributed by atoms with van der Waals surface area (Å²) >= 11 is 12.2. The fourth-order valence-corrected chi connectivity index (χ4v) is 5.05. The number of hydrogen-bond acceptors (Lipinski definition) is 6. The number of H-pyrrole nitrogens is 1. The van der Waals surface area contributed by atoms with Gasteiger partial charge in [0.1, 0.15) is 11.5 Å². The Morgan fingerprint density at radius 3 is 2.34 bits per heavy atom. The maximum absolute atomic E-state index is 12.6. The second-order valence-electron chi connectivity index (χ2n) is 8.40. The Morgan fingerprint density at radius 2 is 1.78 bits per heavy atom. The van der Waals surface area contributed by atoms with Crippen molar-refractivity contribution in [2.45, 2.75) is 25.8 Å². The van der Waals surface area contributed by atoms with Crippen LogP contribution < -0.4 is 15.1 Å². The number of carbonyl (C=O) groups is 2. The van der Waals surface area contributed by atoms with Gasteiger partial charge in [-0.1, -0.05) is 23.2 Å². The third-order valence-corrected chi connectivity index (χ3v) is 7.35. The first-order valence-electron chi connectivity index (χ1n) is 10.3. The molecule has 3 atom stereocenters. The zero-order valence-electron chi connectivity index (χ0n) is 16.9. The van der Waals surface area contributed by atoms with Crippen LogP contribution in [0.3, 0.4) is 0 Å². The molecular weight excluding hydrogens is 450 g/mol. The molecule has 0 aromatic carbocycles. The number of anilines is 2. The molecule has 9 nitrogen and oxygen atoms in total. The molecule has 0 spiro atoms. The van der Waals surface area contributed by atoms with Crippen molar-refractivity contribution in [3.05, 3.63) is 33.2 Å². The molecule has 0 radical (unpaired) electrons. The fourth-order valence-electron chi connectivity index (χ4n) is 4.63. The topological polar surface area (TPSA) is 114 Å². The van der Waals surface area contributed by atoms with Gasteiger partial charge in [-0.05, 0) is 19.8 Å². The van der Waals surface area contributed by atoms with Crippen LogP contribution >= 0.6 is 23.2 Å². The van der Waals surface area contributed by atoms with E-state index in [4.69, 9.17) is 23.2 Å². The van der Waals surface area contributed by atoms with Crippen molar-refractivity contribution in [1.29, 1.82) is 0 Å². The van der Waals surface area contributed by atoms with Crippen LogP contribution in [0.25, 0.3) is 0 Å². The first-order chi connectivity index (χ1) is 14.8. The Hall–Kier alpha value is -1.92. The van der Waals surface area contributed by atoms with Crippen molar-refractivity contribution in [2.75, 3.05) is 36.0 Å². The minimum absolute atomic E-state index is 0. The number of fused-ring (bicyclic) bond motifs is 1. The van der Waals surface area contributed by atoms with Crippen LogP contribution in [0.1, 0.15) is 39.5 Å². The molecule has 0 bridgehead atoms. The molecule has 3 fully saturated rings. The molecule has 3 aliphatic rings. The first-order valence-corrected chi connectivity index (χ1v) is 11.1. The number of aromatic carboxylic acids is 1. The molecule has 166 valence electrons. The Balaban J connectivity index is 0.00000245. The van der Waals surface area contributed by atoms with E-state index in [-0.39, 0.29) is 59.1 Å². The van der Waals surface area contributed by atoms with Gasteiger partial charge in [0.2, 0.25) is 5.95 Å². The zero-order valence-corrected chi connectivity index (χ0v) is 18.4. The summed E-state index contributed by atoms with van der Waals surface area (Å²) < 4.78 is 0. The van der Waals surface area contributed by atoms with Crippen molar-refractivity contribution in [2.24, 2.45) is 11.8 Å². The van der Waals surface area contributed by atoms with Crippen molar-refractivity contribution in [3.8, 4) is 0 Å². The fraction of sp³-hybridized carbons (Fsp3) is 0.500. The van der Waals surface area contributed by atoms with Crippen molar-refractivity contribution < 1.29 is 14.7 Å². The molecule has 2 saturated heterocycles. The van der Waals surface area contributed by atoms with E-state index in [2.05, 4.69) is 25.2 Å². The van der Waals surface area contributed by atoms with E-state index in [9.17, 15) is 14.7 Å². The van der Waals surface area contributed by atoms with Gasteiger partial charge in [-0.2, -0.15) is 4.98 Å². The molecule has 5 rings (SSSR count). The summed E-state index contributed by atoms with van der Waals surface area (Å²) in [6, 6.07) is 1.59. The predicted molar refractivity (Wildman–Crippen MR) is 124 cm³/mol. The number of nitrogens with one attached hydrogen (secondary N) is 2. The molecule has 0 unspecified atom stereocenters. The van der Waals surface area contributed by atoms with Crippen LogP contribution in [0.5, 0.6) is 0 Å². The normalized spacial score (nSPS) is 23.7. The standard InChI is InChI=1S/C20H22Cl2N6O3.Li.H/c1-9-14(21)15(22)17(23-9)18(29)26-16-10-7-28(8-11(10)16)13-6-12(19(30)31)24-20(25-13)27-4-2-3-5-27;;/h6,10-11,16,23H,2-5,7-8H2,1H3,(H,26,29)(H,30,31);;/t10-,11+,16+;;. The summed E-state index contributed by atoms with van der Waals surface area (Å²) in [6.45, 7) is 4.84. The summed E-state index contributed by atoms with van der Waals surface area (Å²) in [5, 5.41) is 13.1. The average Bonchev–Trinajstić information content (AvgIpc) is 3.21. The van der Waals surface area contributed by atoms with Gasteiger partial charge in [0.15, 0.2) is 5.69 Å². The SMILES string of the molecule is Cc1[nH]c(C(=O)N[C@H]2[C@@H]3CN(c4cc(C(=O)O)nc(N5CCCC5)n4)C[C@@H]32)c(Cl)c1Cl.[LiH]. The Labute approximate surface area is 207 Å². The molecule has 2 aromatic rings. The number of aryl methyl sites for hydroxylation is 1. The maximum atomic E-state index is 12.6. The number of carboxylic acids is 1. The molecule has 1 aliphatic carbocycles. The van der Waals surface area contributed by atoms with Crippen LogP contribution in [-0.2, 0) is 0 Å². The summed E-state index contributed by atoms with van der Waals surface area (Å²) in [4.78, 5) is 40.1. The quantitative estimate of drug-likeness (QED) is 0.569. The molecule has 3 N–H and O–H groups in total. The van der Waals surface area contributed by atoms with E-state index in [0.29, 0.717) is 35.6 Å². The van der Waals surface area contributed by atoms with Crippen molar-refractivity contribution >= 4 is 65.7 Å². The summed E-state index contributed by atoms with van der Waals surface area (Å²) in [5.74, 6) is 0.348. The third kappa shape index (κ3) is 4.07. The van der Waals surface area contributed by atoms with Gasteiger partial charge in [-0.3, -0.25) is 4.79 Å². The number of nitrogens with zero attached hydrogens (tertiary/aromatic N) is 4. The van der Waals surface area contributed by atoms with Crippen LogP contribution in [0.2, 0.25) is 10.0 Å². The molecule has 12 heteroatoms. The number of piperidine rings is 1. The van der Waals surface area contributed by atoms with E-state index in [0.717, 1.165) is 25.9 Å². The number of rotatable bonds is 5. The number of aromatic amines is 1. The van der Waals surface area contributed by atoms with Crippen molar-refractivity contribution in [3.63, 3.8) is 0 Å². The average molecular weight is 473 g/mol. The summed E-state index contributed by atoms with van der Waals surface area (Å²) in [6.07, 6.45) is 2.11. The Kier molecular flexibility index (Phi) is 6.38. The third-order valence-electron chi connectivity index (χ3n) is 6.41. The molecule has 1 saturated carbocycles. The second kappa shape index (κ2) is 8.79.